The summed E-state index contributed by atoms with van der Waals surface area (Å²) < 4.78 is 4.87. The van der Waals surface area contributed by atoms with E-state index in [0.717, 1.165) is 5.56 Å². The van der Waals surface area contributed by atoms with Crippen molar-refractivity contribution < 1.29 is 9.53 Å². The number of carbonyl (C=O) groups is 1. The summed E-state index contributed by atoms with van der Waals surface area (Å²) in [5.41, 5.74) is 0.564. The van der Waals surface area contributed by atoms with Gasteiger partial charge < -0.3 is 10.1 Å². The first-order valence-electron chi connectivity index (χ1n) is 4.31. The number of rotatable bonds is 1. The Morgan fingerprint density at radius 2 is 2.07 bits per heavy atom. The lowest BCUT2D eigenvalue weighted by atomic mass is 9.94. The van der Waals surface area contributed by atoms with Gasteiger partial charge >= 0.3 is 6.09 Å². The molecule has 0 unspecified atom stereocenters. The molecule has 1 saturated heterocycles. The molecule has 0 bridgehead atoms. The number of ether oxygens (including phenoxy) is 1. The van der Waals surface area contributed by atoms with E-state index in [0.29, 0.717) is 11.6 Å². The highest BCUT2D eigenvalue weighted by atomic mass is 35.5. The van der Waals surface area contributed by atoms with Crippen molar-refractivity contribution in [3.63, 3.8) is 0 Å². The fraction of sp³-hybridized carbons (Fsp3) is 0.300. The van der Waals surface area contributed by atoms with Gasteiger partial charge in [0, 0.05) is 5.02 Å². The van der Waals surface area contributed by atoms with Crippen LogP contribution in [0.2, 0.25) is 5.02 Å². The fourth-order valence-corrected chi connectivity index (χ4v) is 1.61. The van der Waals surface area contributed by atoms with Crippen LogP contribution in [0.25, 0.3) is 0 Å². The average molecular weight is 212 g/mol. The van der Waals surface area contributed by atoms with Crippen LogP contribution in [-0.4, -0.2) is 12.7 Å². The summed E-state index contributed by atoms with van der Waals surface area (Å²) in [6, 6.07) is 7.37. The Morgan fingerprint density at radius 1 is 1.43 bits per heavy atom. The van der Waals surface area contributed by atoms with Gasteiger partial charge in [-0.3, -0.25) is 0 Å². The highest BCUT2D eigenvalue weighted by molar-refractivity contribution is 6.30. The highest BCUT2D eigenvalue weighted by Gasteiger charge is 2.36. The topological polar surface area (TPSA) is 38.3 Å². The Hall–Kier alpha value is -1.22. The van der Waals surface area contributed by atoms with E-state index in [1.54, 1.807) is 12.1 Å². The molecule has 1 aliphatic heterocycles. The van der Waals surface area contributed by atoms with E-state index in [1.807, 2.05) is 19.1 Å². The maximum absolute atomic E-state index is 10.9. The molecule has 0 saturated carbocycles. The lowest BCUT2D eigenvalue weighted by Crippen LogP contribution is -2.37. The minimum atomic E-state index is -0.429. The van der Waals surface area contributed by atoms with Crippen molar-refractivity contribution in [2.75, 3.05) is 6.61 Å². The number of benzene rings is 1. The molecule has 1 fully saturated rings. The van der Waals surface area contributed by atoms with Gasteiger partial charge in [0.1, 0.15) is 6.61 Å². The van der Waals surface area contributed by atoms with Crippen LogP contribution in [0.1, 0.15) is 12.5 Å². The van der Waals surface area contributed by atoms with E-state index in [1.165, 1.54) is 0 Å². The molecule has 2 rings (SSSR count). The normalized spacial score (nSPS) is 25.7. The quantitative estimate of drug-likeness (QED) is 0.774. The molecular formula is C10H10ClNO2. The molecule has 1 aromatic carbocycles. The number of halogens is 1. The molecule has 1 heterocycles. The summed E-state index contributed by atoms with van der Waals surface area (Å²) in [4.78, 5) is 10.9. The maximum Gasteiger partial charge on any atom is 0.408 e. The average Bonchev–Trinajstić information content (AvgIpc) is 2.48. The molecule has 1 aliphatic rings. The molecule has 14 heavy (non-hydrogen) atoms. The van der Waals surface area contributed by atoms with Crippen LogP contribution < -0.4 is 5.32 Å². The van der Waals surface area contributed by atoms with E-state index in [-0.39, 0.29) is 6.09 Å². The Balaban J connectivity index is 2.30. The van der Waals surface area contributed by atoms with Crippen LogP contribution in [0.3, 0.4) is 0 Å². The SMILES string of the molecule is C[C@@]1(c2ccc(Cl)cc2)COC(=O)N1. The van der Waals surface area contributed by atoms with E-state index in [4.69, 9.17) is 16.3 Å². The second-order valence-corrected chi connectivity index (χ2v) is 3.98. The van der Waals surface area contributed by atoms with Crippen molar-refractivity contribution in [2.45, 2.75) is 12.5 Å². The zero-order valence-corrected chi connectivity index (χ0v) is 8.47. The van der Waals surface area contributed by atoms with Gasteiger partial charge in [-0.25, -0.2) is 4.79 Å². The third kappa shape index (κ3) is 1.55. The molecule has 4 heteroatoms. The second kappa shape index (κ2) is 3.17. The molecule has 0 aliphatic carbocycles. The van der Waals surface area contributed by atoms with Crippen molar-refractivity contribution in [3.8, 4) is 0 Å². The third-order valence-electron chi connectivity index (χ3n) is 2.35. The Labute approximate surface area is 87.0 Å². The zero-order valence-electron chi connectivity index (χ0n) is 7.71. The summed E-state index contributed by atoms with van der Waals surface area (Å²) in [7, 11) is 0. The zero-order chi connectivity index (χ0) is 10.2. The van der Waals surface area contributed by atoms with Gasteiger partial charge in [0.05, 0.1) is 5.54 Å². The van der Waals surface area contributed by atoms with Crippen molar-refractivity contribution in [2.24, 2.45) is 0 Å². The van der Waals surface area contributed by atoms with Gasteiger partial charge in [0.25, 0.3) is 0 Å². The number of carbonyl (C=O) groups excluding carboxylic acids is 1. The van der Waals surface area contributed by atoms with Gasteiger partial charge in [0.15, 0.2) is 0 Å². The molecule has 0 spiro atoms. The lowest BCUT2D eigenvalue weighted by Gasteiger charge is -2.21. The van der Waals surface area contributed by atoms with E-state index in [2.05, 4.69) is 5.32 Å². The first-order valence-corrected chi connectivity index (χ1v) is 4.69. The number of cyclic esters (lactones) is 1. The van der Waals surface area contributed by atoms with Crippen molar-refractivity contribution in [3.05, 3.63) is 34.9 Å². The molecule has 1 aromatic rings. The minimum absolute atomic E-state index is 0.355. The van der Waals surface area contributed by atoms with Gasteiger partial charge in [-0.15, -0.1) is 0 Å². The summed E-state index contributed by atoms with van der Waals surface area (Å²) in [5.74, 6) is 0. The predicted octanol–water partition coefficient (Wildman–Crippen LogP) is 2.29. The molecule has 3 nitrogen and oxygen atoms in total. The summed E-state index contributed by atoms with van der Waals surface area (Å²) >= 11 is 5.77. The van der Waals surface area contributed by atoms with Crippen molar-refractivity contribution in [1.82, 2.24) is 5.32 Å². The maximum atomic E-state index is 10.9. The number of amides is 1. The van der Waals surface area contributed by atoms with E-state index < -0.39 is 5.54 Å². The third-order valence-corrected chi connectivity index (χ3v) is 2.60. The van der Waals surface area contributed by atoms with Crippen LogP contribution in [-0.2, 0) is 10.3 Å². The minimum Gasteiger partial charge on any atom is -0.447 e. The molecule has 0 aromatic heterocycles. The smallest absolute Gasteiger partial charge is 0.408 e. The van der Waals surface area contributed by atoms with Crippen LogP contribution in [0, 0.1) is 0 Å². The molecule has 1 amide bonds. The van der Waals surface area contributed by atoms with Crippen LogP contribution in [0.4, 0.5) is 4.79 Å². The first-order chi connectivity index (χ1) is 6.60. The van der Waals surface area contributed by atoms with Crippen LogP contribution in [0.15, 0.2) is 24.3 Å². The molecule has 0 radical (unpaired) electrons. The fourth-order valence-electron chi connectivity index (χ4n) is 1.48. The summed E-state index contributed by atoms with van der Waals surface area (Å²) in [6.07, 6.45) is -0.373. The Bertz CT molecular complexity index is 363. The van der Waals surface area contributed by atoms with Gasteiger partial charge in [-0.05, 0) is 24.6 Å². The van der Waals surface area contributed by atoms with Crippen LogP contribution >= 0.6 is 11.6 Å². The monoisotopic (exact) mass is 211 g/mol. The van der Waals surface area contributed by atoms with Crippen LogP contribution in [0.5, 0.6) is 0 Å². The number of alkyl carbamates (subject to hydrolysis) is 1. The number of hydrogen-bond acceptors (Lipinski definition) is 2. The van der Waals surface area contributed by atoms with Crippen molar-refractivity contribution >= 4 is 17.7 Å². The second-order valence-electron chi connectivity index (χ2n) is 3.54. The standard InChI is InChI=1S/C10H10ClNO2/c1-10(6-14-9(13)12-10)7-2-4-8(11)5-3-7/h2-5H,6H2,1H3,(H,12,13)/t10-/m0/s1. The van der Waals surface area contributed by atoms with E-state index >= 15 is 0 Å². The first kappa shape index (κ1) is 9.34. The number of nitrogens with one attached hydrogen (secondary N) is 1. The Kier molecular flexibility index (Phi) is 2.11. The Morgan fingerprint density at radius 3 is 2.57 bits per heavy atom. The van der Waals surface area contributed by atoms with Gasteiger partial charge in [0.2, 0.25) is 0 Å². The summed E-state index contributed by atoms with van der Waals surface area (Å²) in [5, 5.41) is 3.44. The molecule has 74 valence electrons. The van der Waals surface area contributed by atoms with Gasteiger partial charge in [-0.1, -0.05) is 23.7 Å². The summed E-state index contributed by atoms with van der Waals surface area (Å²) in [6.45, 7) is 2.27. The number of hydrogen-bond donors (Lipinski definition) is 1. The van der Waals surface area contributed by atoms with E-state index in [9.17, 15) is 4.79 Å². The lowest BCUT2D eigenvalue weighted by molar-refractivity contribution is 0.173. The predicted molar refractivity (Wildman–Crippen MR) is 53.3 cm³/mol. The largest absolute Gasteiger partial charge is 0.447 e. The molecule has 1 N–H and O–H groups in total. The van der Waals surface area contributed by atoms with Gasteiger partial charge in [-0.2, -0.15) is 0 Å². The van der Waals surface area contributed by atoms with Crippen molar-refractivity contribution in [1.29, 1.82) is 0 Å². The molecular weight excluding hydrogens is 202 g/mol. The molecule has 1 atom stereocenters. The highest BCUT2D eigenvalue weighted by Crippen LogP contribution is 2.26.